The summed E-state index contributed by atoms with van der Waals surface area (Å²) in [6, 6.07) is 6.68. The first-order valence-electron chi connectivity index (χ1n) is 8.06. The summed E-state index contributed by atoms with van der Waals surface area (Å²) in [7, 11) is 0. The van der Waals surface area contributed by atoms with Gasteiger partial charge in [-0.1, -0.05) is 25.3 Å². The Bertz CT molecular complexity index is 422. The van der Waals surface area contributed by atoms with Gasteiger partial charge in [0, 0.05) is 12.6 Å². The number of benzene rings is 1. The van der Waals surface area contributed by atoms with E-state index in [0.717, 1.165) is 12.3 Å². The van der Waals surface area contributed by atoms with Crippen molar-refractivity contribution in [3.8, 4) is 11.5 Å². The van der Waals surface area contributed by atoms with E-state index in [0.29, 0.717) is 25.0 Å². The standard InChI is InChI=1S/C17H27NO3.ClH/c1-2-20-17-12-14(8-9-16(17)21-11-10-19)13-18-15-6-4-3-5-7-15;/h8-9,12,15,18-19H,2-7,10-11,13H2,1H3;1H. The highest BCUT2D eigenvalue weighted by Gasteiger charge is 2.13. The minimum atomic E-state index is 0. The second-order valence-electron chi connectivity index (χ2n) is 5.50. The maximum atomic E-state index is 8.86. The van der Waals surface area contributed by atoms with E-state index in [9.17, 15) is 0 Å². The molecular formula is C17H28ClNO3. The molecule has 0 aliphatic heterocycles. The highest BCUT2D eigenvalue weighted by Crippen LogP contribution is 2.28. The first-order chi connectivity index (χ1) is 10.3. The predicted octanol–water partition coefficient (Wildman–Crippen LogP) is 3.30. The van der Waals surface area contributed by atoms with Gasteiger partial charge in [-0.25, -0.2) is 0 Å². The minimum Gasteiger partial charge on any atom is -0.490 e. The van der Waals surface area contributed by atoms with Gasteiger partial charge in [0.15, 0.2) is 11.5 Å². The van der Waals surface area contributed by atoms with E-state index in [1.807, 2.05) is 19.1 Å². The van der Waals surface area contributed by atoms with Crippen molar-refractivity contribution in [1.29, 1.82) is 0 Å². The summed E-state index contributed by atoms with van der Waals surface area (Å²) in [5, 5.41) is 12.5. The van der Waals surface area contributed by atoms with E-state index >= 15 is 0 Å². The number of halogens is 1. The van der Waals surface area contributed by atoms with Crippen LogP contribution in [0.15, 0.2) is 18.2 Å². The molecule has 2 N–H and O–H groups in total. The summed E-state index contributed by atoms with van der Waals surface area (Å²) < 4.78 is 11.1. The molecule has 0 unspecified atom stereocenters. The molecule has 5 heteroatoms. The Kier molecular flexibility index (Phi) is 9.28. The molecule has 1 fully saturated rings. The van der Waals surface area contributed by atoms with Crippen molar-refractivity contribution in [2.45, 2.75) is 51.6 Å². The van der Waals surface area contributed by atoms with E-state index in [-0.39, 0.29) is 19.0 Å². The van der Waals surface area contributed by atoms with Gasteiger partial charge in [0.05, 0.1) is 13.2 Å². The van der Waals surface area contributed by atoms with E-state index < -0.39 is 0 Å². The Labute approximate surface area is 139 Å². The molecule has 0 aromatic heterocycles. The van der Waals surface area contributed by atoms with Crippen molar-refractivity contribution in [3.63, 3.8) is 0 Å². The number of aliphatic hydroxyl groups excluding tert-OH is 1. The van der Waals surface area contributed by atoms with Crippen molar-refractivity contribution >= 4 is 12.4 Å². The third kappa shape index (κ3) is 6.03. The average molecular weight is 330 g/mol. The molecule has 1 aromatic carbocycles. The van der Waals surface area contributed by atoms with Gasteiger partial charge in [0.25, 0.3) is 0 Å². The number of ether oxygens (including phenoxy) is 2. The fourth-order valence-corrected chi connectivity index (χ4v) is 2.77. The lowest BCUT2D eigenvalue weighted by molar-refractivity contribution is 0.194. The van der Waals surface area contributed by atoms with Crippen molar-refractivity contribution in [2.24, 2.45) is 0 Å². The normalized spacial score (nSPS) is 15.2. The van der Waals surface area contributed by atoms with Gasteiger partial charge in [0.2, 0.25) is 0 Å². The smallest absolute Gasteiger partial charge is 0.161 e. The molecule has 126 valence electrons. The second kappa shape index (κ2) is 10.7. The van der Waals surface area contributed by atoms with Crippen LogP contribution in [0.4, 0.5) is 0 Å². The fourth-order valence-electron chi connectivity index (χ4n) is 2.77. The van der Waals surface area contributed by atoms with Gasteiger partial charge in [-0.15, -0.1) is 12.4 Å². The van der Waals surface area contributed by atoms with Crippen molar-refractivity contribution < 1.29 is 14.6 Å². The van der Waals surface area contributed by atoms with Crippen LogP contribution in [-0.4, -0.2) is 31.0 Å². The largest absolute Gasteiger partial charge is 0.490 e. The fraction of sp³-hybridized carbons (Fsp3) is 0.647. The number of hydrogen-bond acceptors (Lipinski definition) is 4. The Balaban J connectivity index is 0.00000242. The molecule has 0 radical (unpaired) electrons. The molecule has 0 heterocycles. The SMILES string of the molecule is CCOc1cc(CNC2CCCCC2)ccc1OCCO.Cl. The monoisotopic (exact) mass is 329 g/mol. The molecule has 1 aromatic rings. The Morgan fingerprint density at radius 1 is 1.14 bits per heavy atom. The summed E-state index contributed by atoms with van der Waals surface area (Å²) in [6.45, 7) is 3.74. The van der Waals surface area contributed by atoms with Crippen molar-refractivity contribution in [2.75, 3.05) is 19.8 Å². The molecule has 0 atom stereocenters. The molecule has 22 heavy (non-hydrogen) atoms. The van der Waals surface area contributed by atoms with Crippen LogP contribution in [0.25, 0.3) is 0 Å². The van der Waals surface area contributed by atoms with Gasteiger partial charge in [0.1, 0.15) is 6.61 Å². The Hall–Kier alpha value is -0.970. The average Bonchev–Trinajstić information content (AvgIpc) is 2.53. The maximum Gasteiger partial charge on any atom is 0.161 e. The van der Waals surface area contributed by atoms with Crippen LogP contribution in [0.3, 0.4) is 0 Å². The topological polar surface area (TPSA) is 50.7 Å². The zero-order chi connectivity index (χ0) is 14.9. The second-order valence-corrected chi connectivity index (χ2v) is 5.50. The van der Waals surface area contributed by atoms with Gasteiger partial charge in [-0.2, -0.15) is 0 Å². The predicted molar refractivity (Wildman–Crippen MR) is 91.2 cm³/mol. The van der Waals surface area contributed by atoms with Gasteiger partial charge >= 0.3 is 0 Å². The summed E-state index contributed by atoms with van der Waals surface area (Å²) in [5.74, 6) is 1.46. The molecule has 0 amide bonds. The third-order valence-corrected chi connectivity index (χ3v) is 3.86. The molecule has 0 bridgehead atoms. The van der Waals surface area contributed by atoms with E-state index in [1.165, 1.54) is 37.7 Å². The third-order valence-electron chi connectivity index (χ3n) is 3.86. The Morgan fingerprint density at radius 2 is 1.91 bits per heavy atom. The van der Waals surface area contributed by atoms with Crippen molar-refractivity contribution in [3.05, 3.63) is 23.8 Å². The molecule has 0 saturated heterocycles. The first kappa shape index (κ1) is 19.1. The summed E-state index contributed by atoms with van der Waals surface area (Å²) in [6.07, 6.45) is 6.64. The van der Waals surface area contributed by atoms with Crippen LogP contribution in [0, 0.1) is 0 Å². The van der Waals surface area contributed by atoms with Gasteiger partial charge in [-0.3, -0.25) is 0 Å². The van der Waals surface area contributed by atoms with Crippen LogP contribution in [0.2, 0.25) is 0 Å². The number of hydrogen-bond donors (Lipinski definition) is 2. The van der Waals surface area contributed by atoms with Gasteiger partial charge in [-0.05, 0) is 37.5 Å². The van der Waals surface area contributed by atoms with Crippen LogP contribution in [-0.2, 0) is 6.54 Å². The lowest BCUT2D eigenvalue weighted by atomic mass is 9.95. The van der Waals surface area contributed by atoms with Crippen LogP contribution in [0.5, 0.6) is 11.5 Å². The molecular weight excluding hydrogens is 302 g/mol. The first-order valence-corrected chi connectivity index (χ1v) is 8.06. The molecule has 0 spiro atoms. The number of aliphatic hydroxyl groups is 1. The van der Waals surface area contributed by atoms with Gasteiger partial charge < -0.3 is 19.9 Å². The Morgan fingerprint density at radius 3 is 2.59 bits per heavy atom. The lowest BCUT2D eigenvalue weighted by Gasteiger charge is -2.23. The highest BCUT2D eigenvalue weighted by atomic mass is 35.5. The molecule has 1 aliphatic rings. The highest BCUT2D eigenvalue weighted by molar-refractivity contribution is 5.85. The summed E-state index contributed by atoms with van der Waals surface area (Å²) in [5.41, 5.74) is 1.21. The number of nitrogens with one attached hydrogen (secondary N) is 1. The summed E-state index contributed by atoms with van der Waals surface area (Å²) in [4.78, 5) is 0. The number of rotatable bonds is 8. The molecule has 1 aliphatic carbocycles. The van der Waals surface area contributed by atoms with Crippen LogP contribution >= 0.6 is 12.4 Å². The summed E-state index contributed by atoms with van der Waals surface area (Å²) >= 11 is 0. The molecule has 1 saturated carbocycles. The lowest BCUT2D eigenvalue weighted by Crippen LogP contribution is -2.30. The van der Waals surface area contributed by atoms with E-state index in [1.54, 1.807) is 0 Å². The maximum absolute atomic E-state index is 8.86. The van der Waals surface area contributed by atoms with Crippen LogP contribution in [0.1, 0.15) is 44.6 Å². The van der Waals surface area contributed by atoms with E-state index in [2.05, 4.69) is 11.4 Å². The quantitative estimate of drug-likeness (QED) is 0.768. The van der Waals surface area contributed by atoms with E-state index in [4.69, 9.17) is 14.6 Å². The van der Waals surface area contributed by atoms with Crippen LogP contribution < -0.4 is 14.8 Å². The van der Waals surface area contributed by atoms with Crippen molar-refractivity contribution in [1.82, 2.24) is 5.32 Å². The zero-order valence-electron chi connectivity index (χ0n) is 13.3. The zero-order valence-corrected chi connectivity index (χ0v) is 14.2. The molecule has 4 nitrogen and oxygen atoms in total. The minimum absolute atomic E-state index is 0. The molecule has 2 rings (SSSR count).